The van der Waals surface area contributed by atoms with Crippen LogP contribution in [0.3, 0.4) is 0 Å². The maximum absolute atomic E-state index is 12.5. The minimum absolute atomic E-state index is 0.0746. The number of hydrogen-bond donors (Lipinski definition) is 3. The van der Waals surface area contributed by atoms with E-state index in [9.17, 15) is 9.59 Å². The van der Waals surface area contributed by atoms with E-state index in [1.54, 1.807) is 35.6 Å². The molecule has 1 aromatic carbocycles. The number of thiophene rings is 1. The van der Waals surface area contributed by atoms with Crippen molar-refractivity contribution in [2.24, 2.45) is 0 Å². The van der Waals surface area contributed by atoms with E-state index >= 15 is 0 Å². The van der Waals surface area contributed by atoms with E-state index in [1.807, 2.05) is 6.07 Å². The number of urea groups is 1. The van der Waals surface area contributed by atoms with Crippen LogP contribution in [0.4, 0.5) is 16.2 Å². The number of anilines is 2. The van der Waals surface area contributed by atoms with E-state index < -0.39 is 0 Å². The molecule has 4 rings (SSSR count). The highest BCUT2D eigenvalue weighted by Crippen LogP contribution is 2.30. The second kappa shape index (κ2) is 8.75. The Morgan fingerprint density at radius 3 is 2.50 bits per heavy atom. The monoisotopic (exact) mass is 399 g/mol. The van der Waals surface area contributed by atoms with Crippen molar-refractivity contribution < 1.29 is 14.3 Å². The van der Waals surface area contributed by atoms with Crippen molar-refractivity contribution in [1.82, 2.24) is 5.32 Å². The minimum atomic E-state index is -0.253. The number of aryl methyl sites for hydroxylation is 2. The highest BCUT2D eigenvalue weighted by atomic mass is 32.1. The second-order valence-electron chi connectivity index (χ2n) is 7.27. The number of fused-ring (bicyclic) bond motifs is 1. The van der Waals surface area contributed by atoms with Gasteiger partial charge in [-0.2, -0.15) is 0 Å². The molecule has 0 spiro atoms. The fourth-order valence-electron chi connectivity index (χ4n) is 3.62. The molecule has 2 heterocycles. The Morgan fingerprint density at radius 2 is 1.79 bits per heavy atom. The summed E-state index contributed by atoms with van der Waals surface area (Å²) in [4.78, 5) is 26.6. The first-order valence-corrected chi connectivity index (χ1v) is 10.7. The lowest BCUT2D eigenvalue weighted by atomic mass is 9.99. The summed E-state index contributed by atoms with van der Waals surface area (Å²) in [6, 6.07) is 8.92. The van der Waals surface area contributed by atoms with Crippen LogP contribution >= 0.6 is 11.3 Å². The molecule has 1 fully saturated rings. The van der Waals surface area contributed by atoms with Crippen molar-refractivity contribution in [3.63, 3.8) is 0 Å². The van der Waals surface area contributed by atoms with Gasteiger partial charge < -0.3 is 20.7 Å². The molecule has 1 aliphatic carbocycles. The van der Waals surface area contributed by atoms with Crippen LogP contribution < -0.4 is 16.0 Å². The summed E-state index contributed by atoms with van der Waals surface area (Å²) in [6.45, 7) is 1.29. The standard InChI is InChI=1S/C21H25N3O3S/c25-20(19-12-14-4-1-2-6-18(14)28-19)23-15-7-9-16(10-8-15)24-21(26)22-13-17-5-3-11-27-17/h7-10,12,17H,1-6,11,13H2,(H,23,25)(H2,22,24,26). The zero-order chi connectivity index (χ0) is 19.3. The zero-order valence-corrected chi connectivity index (χ0v) is 16.6. The SMILES string of the molecule is O=C(NCC1CCCO1)Nc1ccc(NC(=O)c2cc3c(s2)CCCC3)cc1. The van der Waals surface area contributed by atoms with Crippen LogP contribution in [-0.4, -0.2) is 31.2 Å². The maximum atomic E-state index is 12.5. The molecule has 2 aliphatic rings. The third-order valence-electron chi connectivity index (χ3n) is 5.14. The van der Waals surface area contributed by atoms with Gasteiger partial charge in [-0.1, -0.05) is 0 Å². The van der Waals surface area contributed by atoms with Gasteiger partial charge in [0.1, 0.15) is 0 Å². The molecule has 1 atom stereocenters. The molecule has 3 amide bonds. The van der Waals surface area contributed by atoms with Gasteiger partial charge in [0.15, 0.2) is 0 Å². The van der Waals surface area contributed by atoms with Crippen LogP contribution in [0.2, 0.25) is 0 Å². The lowest BCUT2D eigenvalue weighted by molar-refractivity contribution is 0.103. The van der Waals surface area contributed by atoms with Crippen molar-refractivity contribution >= 4 is 34.6 Å². The smallest absolute Gasteiger partial charge is 0.319 e. The maximum Gasteiger partial charge on any atom is 0.319 e. The number of nitrogens with one attached hydrogen (secondary N) is 3. The van der Waals surface area contributed by atoms with Crippen molar-refractivity contribution in [3.05, 3.63) is 45.6 Å². The number of ether oxygens (including phenoxy) is 1. The molecular formula is C21H25N3O3S. The van der Waals surface area contributed by atoms with Crippen molar-refractivity contribution in [1.29, 1.82) is 0 Å². The highest BCUT2D eigenvalue weighted by Gasteiger charge is 2.18. The molecule has 7 heteroatoms. The van der Waals surface area contributed by atoms with E-state index in [-0.39, 0.29) is 18.0 Å². The van der Waals surface area contributed by atoms with Crippen LogP contribution in [0.15, 0.2) is 30.3 Å². The van der Waals surface area contributed by atoms with Gasteiger partial charge in [0.25, 0.3) is 5.91 Å². The Labute approximate surface area is 168 Å². The number of carbonyl (C=O) groups is 2. The number of carbonyl (C=O) groups excluding carboxylic acids is 2. The van der Waals surface area contributed by atoms with Crippen molar-refractivity contribution in [2.45, 2.75) is 44.6 Å². The molecule has 6 nitrogen and oxygen atoms in total. The summed E-state index contributed by atoms with van der Waals surface area (Å²) >= 11 is 1.60. The van der Waals surface area contributed by atoms with Crippen molar-refractivity contribution in [3.8, 4) is 0 Å². The first-order valence-electron chi connectivity index (χ1n) is 9.87. The topological polar surface area (TPSA) is 79.5 Å². The third-order valence-corrected chi connectivity index (χ3v) is 6.37. The zero-order valence-electron chi connectivity index (χ0n) is 15.8. The molecule has 0 saturated carbocycles. The van der Waals surface area contributed by atoms with Gasteiger partial charge in [0.05, 0.1) is 11.0 Å². The van der Waals surface area contributed by atoms with Crippen LogP contribution in [0.1, 0.15) is 45.8 Å². The molecule has 3 N–H and O–H groups in total. The lowest BCUT2D eigenvalue weighted by Gasteiger charge is -2.12. The second-order valence-corrected chi connectivity index (χ2v) is 8.40. The van der Waals surface area contributed by atoms with E-state index in [2.05, 4.69) is 16.0 Å². The van der Waals surface area contributed by atoms with E-state index in [0.717, 1.165) is 37.2 Å². The quantitative estimate of drug-likeness (QED) is 0.706. The molecule has 1 aromatic heterocycles. The average molecular weight is 400 g/mol. The molecule has 0 radical (unpaired) electrons. The fourth-order valence-corrected chi connectivity index (χ4v) is 4.77. The number of amides is 3. The van der Waals surface area contributed by atoms with E-state index in [0.29, 0.717) is 17.9 Å². The minimum Gasteiger partial charge on any atom is -0.376 e. The predicted molar refractivity (Wildman–Crippen MR) is 111 cm³/mol. The van der Waals surface area contributed by atoms with Gasteiger partial charge in [-0.15, -0.1) is 11.3 Å². The summed E-state index contributed by atoms with van der Waals surface area (Å²) in [5.74, 6) is -0.0746. The Bertz CT molecular complexity index is 818. The highest BCUT2D eigenvalue weighted by molar-refractivity contribution is 7.14. The van der Waals surface area contributed by atoms with Gasteiger partial charge in [0, 0.05) is 29.4 Å². The fraction of sp³-hybridized carbons (Fsp3) is 0.429. The van der Waals surface area contributed by atoms with Crippen LogP contribution in [0.25, 0.3) is 0 Å². The first kappa shape index (κ1) is 19.0. The summed E-state index contributed by atoms with van der Waals surface area (Å²) < 4.78 is 5.49. The van der Waals surface area contributed by atoms with Crippen molar-refractivity contribution in [2.75, 3.05) is 23.8 Å². The molecular weight excluding hydrogens is 374 g/mol. The molecule has 1 saturated heterocycles. The van der Waals surface area contributed by atoms with Gasteiger partial charge in [0.2, 0.25) is 0 Å². The predicted octanol–water partition coefficient (Wildman–Crippen LogP) is 4.18. The molecule has 28 heavy (non-hydrogen) atoms. The molecule has 148 valence electrons. The summed E-state index contributed by atoms with van der Waals surface area (Å²) in [6.07, 6.45) is 6.74. The summed E-state index contributed by atoms with van der Waals surface area (Å²) in [5.41, 5.74) is 2.71. The normalized spacial score (nSPS) is 18.4. The molecule has 1 aliphatic heterocycles. The van der Waals surface area contributed by atoms with Crippen LogP contribution in [0, 0.1) is 0 Å². The number of rotatable bonds is 5. The number of hydrogen-bond acceptors (Lipinski definition) is 4. The van der Waals surface area contributed by atoms with Gasteiger partial charge in [-0.25, -0.2) is 4.79 Å². The summed E-state index contributed by atoms with van der Waals surface area (Å²) in [5, 5.41) is 8.55. The van der Waals surface area contributed by atoms with Gasteiger partial charge in [-0.05, 0) is 74.4 Å². The third kappa shape index (κ3) is 4.72. The largest absolute Gasteiger partial charge is 0.376 e. The Morgan fingerprint density at radius 1 is 1.04 bits per heavy atom. The van der Waals surface area contributed by atoms with Gasteiger partial charge in [-0.3, -0.25) is 4.79 Å². The summed E-state index contributed by atoms with van der Waals surface area (Å²) in [7, 11) is 0. The van der Waals surface area contributed by atoms with Gasteiger partial charge >= 0.3 is 6.03 Å². The van der Waals surface area contributed by atoms with Crippen LogP contribution in [-0.2, 0) is 17.6 Å². The molecule has 1 unspecified atom stereocenters. The first-order chi connectivity index (χ1) is 13.7. The Balaban J connectivity index is 1.28. The lowest BCUT2D eigenvalue weighted by Crippen LogP contribution is -2.35. The number of benzene rings is 1. The Kier molecular flexibility index (Phi) is 5.92. The Hall–Kier alpha value is -2.38. The molecule has 0 bridgehead atoms. The van der Waals surface area contributed by atoms with E-state index in [4.69, 9.17) is 4.74 Å². The molecule has 2 aromatic rings. The van der Waals surface area contributed by atoms with E-state index in [1.165, 1.54) is 23.3 Å². The average Bonchev–Trinajstić information content (AvgIpc) is 3.37. The van der Waals surface area contributed by atoms with Crippen LogP contribution in [0.5, 0.6) is 0 Å².